The summed E-state index contributed by atoms with van der Waals surface area (Å²) < 4.78 is 25.2. The molecule has 1 aliphatic rings. The van der Waals surface area contributed by atoms with Crippen LogP contribution in [0.5, 0.6) is 0 Å². The van der Waals surface area contributed by atoms with Crippen molar-refractivity contribution in [2.75, 3.05) is 0 Å². The van der Waals surface area contributed by atoms with Gasteiger partial charge in [-0.05, 0) is 19.3 Å². The molecule has 0 saturated carbocycles. The second kappa shape index (κ2) is 2.60. The smallest absolute Gasteiger partial charge is 0.379 e. The van der Waals surface area contributed by atoms with Crippen LogP contribution in [-0.4, -0.2) is 17.0 Å². The van der Waals surface area contributed by atoms with Gasteiger partial charge < -0.3 is 5.11 Å². The summed E-state index contributed by atoms with van der Waals surface area (Å²) in [5.41, 5.74) is -0.245. The number of rotatable bonds is 2. The molecule has 0 spiro atoms. The van der Waals surface area contributed by atoms with Crippen molar-refractivity contribution in [1.82, 2.24) is 0 Å². The first-order valence-corrected chi connectivity index (χ1v) is 3.36. The second-order valence-electron chi connectivity index (χ2n) is 2.50. The largest absolute Gasteiger partial charge is 0.477 e. The Morgan fingerprint density at radius 3 is 2.64 bits per heavy atom. The molecule has 2 nitrogen and oxygen atoms in total. The summed E-state index contributed by atoms with van der Waals surface area (Å²) in [4.78, 5) is 10.0. The molecule has 0 radical (unpaired) electrons. The Hall–Kier alpha value is -0.930. The Balaban J connectivity index is 2.79. The van der Waals surface area contributed by atoms with Gasteiger partial charge in [-0.2, -0.15) is 8.78 Å². The zero-order valence-electron chi connectivity index (χ0n) is 5.81. The van der Waals surface area contributed by atoms with Gasteiger partial charge in [-0.1, -0.05) is 6.08 Å². The second-order valence-corrected chi connectivity index (χ2v) is 2.50. The number of hydrogen-bond donors (Lipinski definition) is 1. The molecule has 0 aliphatic heterocycles. The van der Waals surface area contributed by atoms with E-state index in [4.69, 9.17) is 5.11 Å². The summed E-state index contributed by atoms with van der Waals surface area (Å²) in [5, 5.41) is 8.11. The molecule has 0 atom stereocenters. The van der Waals surface area contributed by atoms with Gasteiger partial charge in [-0.15, -0.1) is 0 Å². The zero-order chi connectivity index (χ0) is 8.48. The Morgan fingerprint density at radius 1 is 1.64 bits per heavy atom. The van der Waals surface area contributed by atoms with E-state index in [0.29, 0.717) is 12.8 Å². The van der Waals surface area contributed by atoms with E-state index in [0.717, 1.165) is 0 Å². The maximum Gasteiger partial charge on any atom is 0.379 e. The molecular formula is C7H8F2O2. The van der Waals surface area contributed by atoms with Crippen molar-refractivity contribution in [3.8, 4) is 0 Å². The molecule has 1 rings (SSSR count). The summed E-state index contributed by atoms with van der Waals surface area (Å²) in [7, 11) is 0. The molecule has 0 bridgehead atoms. The van der Waals surface area contributed by atoms with E-state index in [2.05, 4.69) is 0 Å². The van der Waals surface area contributed by atoms with Gasteiger partial charge in [0.25, 0.3) is 0 Å². The minimum atomic E-state index is -3.64. The highest BCUT2D eigenvalue weighted by Gasteiger charge is 2.43. The summed E-state index contributed by atoms with van der Waals surface area (Å²) in [6.07, 6.45) is 2.73. The van der Waals surface area contributed by atoms with Gasteiger partial charge >= 0.3 is 11.9 Å². The van der Waals surface area contributed by atoms with E-state index < -0.39 is 11.9 Å². The molecule has 0 aromatic rings. The van der Waals surface area contributed by atoms with E-state index in [-0.39, 0.29) is 12.0 Å². The van der Waals surface area contributed by atoms with Crippen molar-refractivity contribution < 1.29 is 18.7 Å². The Labute approximate surface area is 62.5 Å². The fourth-order valence-corrected chi connectivity index (χ4v) is 1.09. The lowest BCUT2D eigenvalue weighted by Gasteiger charge is -2.11. The number of aliphatic carboxylic acids is 1. The van der Waals surface area contributed by atoms with Crippen LogP contribution in [0, 0.1) is 0 Å². The van der Waals surface area contributed by atoms with E-state index >= 15 is 0 Å². The number of carboxylic acid groups (broad SMARTS) is 1. The quantitative estimate of drug-likeness (QED) is 0.629. The van der Waals surface area contributed by atoms with Crippen LogP contribution in [0.2, 0.25) is 0 Å². The molecule has 62 valence electrons. The van der Waals surface area contributed by atoms with Gasteiger partial charge in [0.2, 0.25) is 0 Å². The van der Waals surface area contributed by atoms with Gasteiger partial charge in [-0.25, -0.2) is 4.79 Å². The third kappa shape index (κ3) is 1.39. The number of carboxylic acids is 1. The van der Waals surface area contributed by atoms with E-state index in [1.54, 1.807) is 0 Å². The van der Waals surface area contributed by atoms with Crippen LogP contribution in [0.1, 0.15) is 19.3 Å². The maximum atomic E-state index is 12.6. The first-order valence-electron chi connectivity index (χ1n) is 3.36. The van der Waals surface area contributed by atoms with Crippen LogP contribution in [0.3, 0.4) is 0 Å². The topological polar surface area (TPSA) is 37.3 Å². The molecule has 0 heterocycles. The highest BCUT2D eigenvalue weighted by molar-refractivity contribution is 5.79. The minimum absolute atomic E-state index is 0.208. The zero-order valence-corrected chi connectivity index (χ0v) is 5.81. The molecule has 0 fully saturated rings. The summed E-state index contributed by atoms with van der Waals surface area (Å²) in [6.45, 7) is 0. The summed E-state index contributed by atoms with van der Waals surface area (Å²) >= 11 is 0. The normalized spacial score (nSPS) is 18.2. The fraction of sp³-hybridized carbons (Fsp3) is 0.571. The maximum absolute atomic E-state index is 12.6. The SMILES string of the molecule is O=C(O)C(F)(F)C1=CCCC1. The Morgan fingerprint density at radius 2 is 2.27 bits per heavy atom. The van der Waals surface area contributed by atoms with E-state index in [1.165, 1.54) is 6.08 Å². The lowest BCUT2D eigenvalue weighted by molar-refractivity contribution is -0.159. The minimum Gasteiger partial charge on any atom is -0.477 e. The van der Waals surface area contributed by atoms with Crippen LogP contribution in [0.4, 0.5) is 8.78 Å². The number of hydrogen-bond acceptors (Lipinski definition) is 1. The van der Waals surface area contributed by atoms with Crippen LogP contribution in [0.15, 0.2) is 11.6 Å². The van der Waals surface area contributed by atoms with Gasteiger partial charge in [-0.3, -0.25) is 0 Å². The van der Waals surface area contributed by atoms with Crippen molar-refractivity contribution >= 4 is 5.97 Å². The Bertz CT molecular complexity index is 208. The highest BCUT2D eigenvalue weighted by atomic mass is 19.3. The Kier molecular flexibility index (Phi) is 1.93. The molecule has 11 heavy (non-hydrogen) atoms. The van der Waals surface area contributed by atoms with Crippen molar-refractivity contribution in [3.05, 3.63) is 11.6 Å². The number of allylic oxidation sites excluding steroid dienone is 1. The predicted octanol–water partition coefficient (Wildman–Crippen LogP) is 1.82. The number of alkyl halides is 2. The first kappa shape index (κ1) is 8.17. The third-order valence-corrected chi connectivity index (χ3v) is 1.71. The van der Waals surface area contributed by atoms with Gasteiger partial charge in [0.15, 0.2) is 0 Å². The molecule has 0 saturated heterocycles. The number of halogens is 2. The van der Waals surface area contributed by atoms with Crippen molar-refractivity contribution in [1.29, 1.82) is 0 Å². The van der Waals surface area contributed by atoms with Gasteiger partial charge in [0, 0.05) is 5.57 Å². The van der Waals surface area contributed by atoms with E-state index in [1.807, 2.05) is 0 Å². The van der Waals surface area contributed by atoms with Crippen LogP contribution in [-0.2, 0) is 4.79 Å². The van der Waals surface area contributed by atoms with Crippen molar-refractivity contribution in [2.45, 2.75) is 25.2 Å². The molecule has 0 aromatic heterocycles. The average molecular weight is 162 g/mol. The third-order valence-electron chi connectivity index (χ3n) is 1.71. The molecule has 0 aromatic carbocycles. The van der Waals surface area contributed by atoms with Crippen LogP contribution < -0.4 is 0 Å². The van der Waals surface area contributed by atoms with Crippen LogP contribution in [0.25, 0.3) is 0 Å². The molecule has 0 unspecified atom stereocenters. The van der Waals surface area contributed by atoms with Gasteiger partial charge in [0.05, 0.1) is 0 Å². The molecule has 1 N–H and O–H groups in total. The summed E-state index contributed by atoms with van der Waals surface area (Å²) in [6, 6.07) is 0. The number of carbonyl (C=O) groups is 1. The fourth-order valence-electron chi connectivity index (χ4n) is 1.09. The molecule has 4 heteroatoms. The lowest BCUT2D eigenvalue weighted by atomic mass is 10.1. The average Bonchev–Trinajstić information content (AvgIpc) is 2.37. The summed E-state index contributed by atoms with van der Waals surface area (Å²) in [5.74, 6) is -5.69. The standard InChI is InChI=1S/C7H8F2O2/c8-7(9,6(10)11)5-3-1-2-4-5/h3H,1-2,4H2,(H,10,11). The highest BCUT2D eigenvalue weighted by Crippen LogP contribution is 2.32. The van der Waals surface area contributed by atoms with Gasteiger partial charge in [0.1, 0.15) is 0 Å². The van der Waals surface area contributed by atoms with E-state index in [9.17, 15) is 13.6 Å². The molecular weight excluding hydrogens is 154 g/mol. The predicted molar refractivity (Wildman–Crippen MR) is 34.5 cm³/mol. The lowest BCUT2D eigenvalue weighted by Crippen LogP contribution is -2.29. The monoisotopic (exact) mass is 162 g/mol. The van der Waals surface area contributed by atoms with Crippen LogP contribution >= 0.6 is 0 Å². The molecule has 1 aliphatic carbocycles. The van der Waals surface area contributed by atoms with Crippen molar-refractivity contribution in [2.24, 2.45) is 0 Å². The first-order chi connectivity index (χ1) is 5.05. The van der Waals surface area contributed by atoms with Crippen molar-refractivity contribution in [3.63, 3.8) is 0 Å². The molecule has 0 amide bonds.